The van der Waals surface area contributed by atoms with Crippen LogP contribution in [0.5, 0.6) is 0 Å². The Bertz CT molecular complexity index is 752. The third-order valence-electron chi connectivity index (χ3n) is 5.39. The number of ether oxygens (including phenoxy) is 1. The molecule has 1 fully saturated rings. The Morgan fingerprint density at radius 3 is 2.77 bits per heavy atom. The van der Waals surface area contributed by atoms with E-state index in [0.29, 0.717) is 26.3 Å². The van der Waals surface area contributed by atoms with Gasteiger partial charge in [0, 0.05) is 39.8 Å². The highest BCUT2D eigenvalue weighted by atomic mass is 16.5. The minimum atomic E-state index is -0.139. The molecule has 2 aromatic rings. The van der Waals surface area contributed by atoms with E-state index in [1.54, 1.807) is 0 Å². The van der Waals surface area contributed by atoms with Gasteiger partial charge in [-0.3, -0.25) is 9.69 Å². The Morgan fingerprint density at radius 2 is 2.00 bits per heavy atom. The topological polar surface area (TPSA) is 50.6 Å². The predicted molar refractivity (Wildman–Crippen MR) is 98.8 cm³/mol. The lowest BCUT2D eigenvalue weighted by Gasteiger charge is -2.36. The highest BCUT2D eigenvalue weighted by molar-refractivity contribution is 5.84. The van der Waals surface area contributed by atoms with Gasteiger partial charge in [-0.15, -0.1) is 0 Å². The normalized spacial score (nSPS) is 20.8. The lowest BCUT2D eigenvalue weighted by atomic mass is 9.95. The van der Waals surface area contributed by atoms with Crippen molar-refractivity contribution < 1.29 is 9.53 Å². The summed E-state index contributed by atoms with van der Waals surface area (Å²) in [6.45, 7) is 5.15. The molecule has 0 unspecified atom stereocenters. The Labute approximate surface area is 154 Å². The van der Waals surface area contributed by atoms with Crippen LogP contribution in [0.3, 0.4) is 0 Å². The number of imidazole rings is 1. The number of benzene rings is 1. The first kappa shape index (κ1) is 17.2. The van der Waals surface area contributed by atoms with Gasteiger partial charge in [-0.25, -0.2) is 4.98 Å². The number of nitrogens with zero attached hydrogens (tertiary/aromatic N) is 4. The van der Waals surface area contributed by atoms with Crippen LogP contribution in [-0.2, 0) is 29.5 Å². The molecule has 1 aromatic carbocycles. The largest absolute Gasteiger partial charge is 0.378 e. The molecular weight excluding hydrogens is 328 g/mol. The van der Waals surface area contributed by atoms with E-state index in [4.69, 9.17) is 4.74 Å². The third-order valence-corrected chi connectivity index (χ3v) is 5.39. The van der Waals surface area contributed by atoms with Crippen LogP contribution in [-0.4, -0.2) is 64.7 Å². The molecule has 1 amide bonds. The lowest BCUT2D eigenvalue weighted by molar-refractivity contribution is -0.137. The number of carbonyl (C=O) groups excluding carboxylic acids is 1. The fourth-order valence-electron chi connectivity index (χ4n) is 3.98. The van der Waals surface area contributed by atoms with E-state index in [1.807, 2.05) is 28.9 Å². The van der Waals surface area contributed by atoms with Gasteiger partial charge in [0.15, 0.2) is 0 Å². The van der Waals surface area contributed by atoms with E-state index in [-0.39, 0.29) is 11.8 Å². The highest BCUT2D eigenvalue weighted by Crippen LogP contribution is 2.29. The molecule has 0 bridgehead atoms. The van der Waals surface area contributed by atoms with Gasteiger partial charge in [-0.1, -0.05) is 30.3 Å². The standard InChI is InChI=1S/C20H26N4O2/c1-22-15-21-18-14-23(8-7-16-5-3-2-4-6-16)13-17(19(18)22)20(25)24-9-11-26-12-10-24/h2-6,15,17H,7-14H2,1H3/t17-/m0/s1. The summed E-state index contributed by atoms with van der Waals surface area (Å²) in [7, 11) is 1.99. The Kier molecular flexibility index (Phi) is 5.04. The number of morpholine rings is 1. The first-order valence-electron chi connectivity index (χ1n) is 9.35. The number of hydrogen-bond acceptors (Lipinski definition) is 4. The summed E-state index contributed by atoms with van der Waals surface area (Å²) in [5.74, 6) is 0.0719. The molecule has 6 heteroatoms. The molecule has 2 aliphatic heterocycles. The maximum atomic E-state index is 13.2. The number of carbonyl (C=O) groups is 1. The molecule has 4 rings (SSSR count). The van der Waals surface area contributed by atoms with Crippen molar-refractivity contribution in [2.75, 3.05) is 39.4 Å². The number of aryl methyl sites for hydroxylation is 1. The summed E-state index contributed by atoms with van der Waals surface area (Å²) < 4.78 is 7.42. The van der Waals surface area contributed by atoms with Crippen LogP contribution in [0, 0.1) is 0 Å². The van der Waals surface area contributed by atoms with Gasteiger partial charge in [-0.2, -0.15) is 0 Å². The number of amides is 1. The Hall–Kier alpha value is -2.18. The zero-order chi connectivity index (χ0) is 17.9. The average molecular weight is 354 g/mol. The van der Waals surface area contributed by atoms with E-state index in [2.05, 4.69) is 34.1 Å². The van der Waals surface area contributed by atoms with Crippen molar-refractivity contribution >= 4 is 5.91 Å². The van der Waals surface area contributed by atoms with Crippen LogP contribution >= 0.6 is 0 Å². The number of aromatic nitrogens is 2. The maximum absolute atomic E-state index is 13.2. The summed E-state index contributed by atoms with van der Waals surface area (Å²) in [6.07, 6.45) is 2.83. The highest BCUT2D eigenvalue weighted by Gasteiger charge is 2.36. The first-order chi connectivity index (χ1) is 12.7. The third kappa shape index (κ3) is 3.52. The lowest BCUT2D eigenvalue weighted by Crippen LogP contribution is -2.47. The van der Waals surface area contributed by atoms with Gasteiger partial charge in [0.05, 0.1) is 36.8 Å². The average Bonchev–Trinajstić information content (AvgIpc) is 3.07. The molecule has 0 spiro atoms. The van der Waals surface area contributed by atoms with Gasteiger partial charge in [0.1, 0.15) is 0 Å². The zero-order valence-electron chi connectivity index (χ0n) is 15.3. The van der Waals surface area contributed by atoms with Gasteiger partial charge in [0.25, 0.3) is 0 Å². The van der Waals surface area contributed by atoms with E-state index in [1.165, 1.54) is 5.56 Å². The van der Waals surface area contributed by atoms with Gasteiger partial charge in [-0.05, 0) is 12.0 Å². The number of hydrogen-bond donors (Lipinski definition) is 0. The molecule has 26 heavy (non-hydrogen) atoms. The monoisotopic (exact) mass is 354 g/mol. The molecule has 0 saturated carbocycles. The van der Waals surface area contributed by atoms with E-state index in [0.717, 1.165) is 37.4 Å². The number of rotatable bonds is 4. The minimum Gasteiger partial charge on any atom is -0.378 e. The van der Waals surface area contributed by atoms with Crippen LogP contribution in [0.25, 0.3) is 0 Å². The van der Waals surface area contributed by atoms with Crippen LogP contribution in [0.1, 0.15) is 22.9 Å². The Balaban J connectivity index is 1.50. The maximum Gasteiger partial charge on any atom is 0.233 e. The summed E-state index contributed by atoms with van der Waals surface area (Å²) in [4.78, 5) is 22.1. The second-order valence-corrected chi connectivity index (χ2v) is 7.15. The molecule has 6 nitrogen and oxygen atoms in total. The molecule has 1 saturated heterocycles. The Morgan fingerprint density at radius 1 is 1.23 bits per heavy atom. The van der Waals surface area contributed by atoms with E-state index < -0.39 is 0 Å². The second-order valence-electron chi connectivity index (χ2n) is 7.15. The molecule has 2 aliphatic rings. The molecular formula is C20H26N4O2. The summed E-state index contributed by atoms with van der Waals surface area (Å²) >= 11 is 0. The molecule has 1 atom stereocenters. The summed E-state index contributed by atoms with van der Waals surface area (Å²) in [5, 5.41) is 0. The van der Waals surface area contributed by atoms with Crippen molar-refractivity contribution in [3.63, 3.8) is 0 Å². The summed E-state index contributed by atoms with van der Waals surface area (Å²) in [6, 6.07) is 10.5. The fraction of sp³-hybridized carbons (Fsp3) is 0.500. The van der Waals surface area contributed by atoms with Crippen molar-refractivity contribution in [3.05, 3.63) is 53.6 Å². The van der Waals surface area contributed by atoms with E-state index in [9.17, 15) is 4.79 Å². The van der Waals surface area contributed by atoms with Crippen LogP contribution < -0.4 is 0 Å². The smallest absolute Gasteiger partial charge is 0.233 e. The van der Waals surface area contributed by atoms with Crippen LogP contribution in [0.15, 0.2) is 36.7 Å². The van der Waals surface area contributed by atoms with Crippen LogP contribution in [0.2, 0.25) is 0 Å². The van der Waals surface area contributed by atoms with Gasteiger partial charge in [0.2, 0.25) is 5.91 Å². The van der Waals surface area contributed by atoms with Gasteiger partial charge < -0.3 is 14.2 Å². The zero-order valence-corrected chi connectivity index (χ0v) is 15.3. The van der Waals surface area contributed by atoms with Crippen LogP contribution in [0.4, 0.5) is 0 Å². The van der Waals surface area contributed by atoms with Gasteiger partial charge >= 0.3 is 0 Å². The van der Waals surface area contributed by atoms with Crippen molar-refractivity contribution in [1.82, 2.24) is 19.4 Å². The molecule has 0 radical (unpaired) electrons. The molecule has 138 valence electrons. The minimum absolute atomic E-state index is 0.139. The van der Waals surface area contributed by atoms with Crippen molar-refractivity contribution in [2.45, 2.75) is 18.9 Å². The molecule has 1 aromatic heterocycles. The SMILES string of the molecule is Cn1cnc2c1[C@@H](C(=O)N1CCOCC1)CN(CCc1ccccc1)C2. The molecule has 3 heterocycles. The molecule has 0 N–H and O–H groups in total. The quantitative estimate of drug-likeness (QED) is 0.833. The van der Waals surface area contributed by atoms with Crippen molar-refractivity contribution in [2.24, 2.45) is 7.05 Å². The first-order valence-corrected chi connectivity index (χ1v) is 9.35. The van der Waals surface area contributed by atoms with E-state index >= 15 is 0 Å². The molecule has 0 aliphatic carbocycles. The predicted octanol–water partition coefficient (Wildman–Crippen LogP) is 1.42. The number of fused-ring (bicyclic) bond motifs is 1. The fourth-order valence-corrected chi connectivity index (χ4v) is 3.98. The summed E-state index contributed by atoms with van der Waals surface area (Å²) in [5.41, 5.74) is 3.45. The van der Waals surface area contributed by atoms with Crippen molar-refractivity contribution in [1.29, 1.82) is 0 Å². The second kappa shape index (κ2) is 7.60. The van der Waals surface area contributed by atoms with Crippen molar-refractivity contribution in [3.8, 4) is 0 Å².